The number of hydrogen-bond acceptors (Lipinski definition) is 4. The molecule has 0 saturated heterocycles. The van der Waals surface area contributed by atoms with E-state index in [1.165, 1.54) is 13.0 Å². The zero-order valence-electron chi connectivity index (χ0n) is 11.7. The Hall–Kier alpha value is -3.29. The van der Waals surface area contributed by atoms with Crippen LogP contribution in [0.3, 0.4) is 0 Å². The third kappa shape index (κ3) is 3.23. The lowest BCUT2D eigenvalue weighted by Crippen LogP contribution is -2.22. The molecule has 3 amide bonds. The molecular weight excluding hydrogens is 288 g/mol. The van der Waals surface area contributed by atoms with Crippen molar-refractivity contribution in [2.24, 2.45) is 11.5 Å². The fourth-order valence-corrected chi connectivity index (χ4v) is 1.95. The highest BCUT2D eigenvalue weighted by Crippen LogP contribution is 2.32. The van der Waals surface area contributed by atoms with Crippen molar-refractivity contribution in [1.82, 2.24) is 4.98 Å². The van der Waals surface area contributed by atoms with Gasteiger partial charge in [-0.1, -0.05) is 12.1 Å². The third-order valence-electron chi connectivity index (χ3n) is 2.76. The van der Waals surface area contributed by atoms with E-state index in [-0.39, 0.29) is 11.4 Å². The van der Waals surface area contributed by atoms with E-state index in [1.54, 1.807) is 24.3 Å². The van der Waals surface area contributed by atoms with E-state index < -0.39 is 17.9 Å². The van der Waals surface area contributed by atoms with Crippen molar-refractivity contribution in [2.45, 2.75) is 6.92 Å². The molecule has 1 aromatic carbocycles. The van der Waals surface area contributed by atoms with Gasteiger partial charge in [-0.2, -0.15) is 0 Å². The molecule has 0 aliphatic heterocycles. The smallest absolute Gasteiger partial charge is 0.317 e. The molecule has 1 aromatic heterocycles. The van der Waals surface area contributed by atoms with Gasteiger partial charge < -0.3 is 21.2 Å². The van der Waals surface area contributed by atoms with Gasteiger partial charge in [0.15, 0.2) is 0 Å². The number of H-pyrrole nitrogens is 1. The van der Waals surface area contributed by atoms with Crippen molar-refractivity contribution >= 4 is 23.7 Å². The average molecular weight is 302 g/mol. The predicted octanol–water partition coefficient (Wildman–Crippen LogP) is 1.20. The number of nitrogens with one attached hydrogen (secondary N) is 2. The summed E-state index contributed by atoms with van der Waals surface area (Å²) in [6.07, 6.45) is 0. The number of urea groups is 1. The second kappa shape index (κ2) is 6.00. The lowest BCUT2D eigenvalue weighted by molar-refractivity contribution is -0.131. The first-order chi connectivity index (χ1) is 10.4. The van der Waals surface area contributed by atoms with Crippen LogP contribution in [0.2, 0.25) is 0 Å². The van der Waals surface area contributed by atoms with Crippen LogP contribution >= 0.6 is 0 Å². The van der Waals surface area contributed by atoms with Gasteiger partial charge in [0.05, 0.1) is 11.3 Å². The number of aromatic nitrogens is 1. The topological polar surface area (TPSA) is 140 Å². The van der Waals surface area contributed by atoms with Gasteiger partial charge in [0.1, 0.15) is 11.6 Å². The zero-order chi connectivity index (χ0) is 16.3. The molecule has 114 valence electrons. The maximum atomic E-state index is 11.4. The van der Waals surface area contributed by atoms with Gasteiger partial charge in [0.25, 0.3) is 5.91 Å². The van der Waals surface area contributed by atoms with Crippen LogP contribution in [-0.2, 0) is 4.79 Å². The molecule has 2 rings (SSSR count). The lowest BCUT2D eigenvalue weighted by atomic mass is 10.1. The summed E-state index contributed by atoms with van der Waals surface area (Å²) < 4.78 is 5.10. The molecule has 0 aliphatic carbocycles. The number of aromatic amines is 1. The number of hydrogen-bond donors (Lipinski definition) is 4. The SMILES string of the molecule is CC(=O)Oc1ccccc1-c1cc(C(N)=O)c(NC(N)=O)[nH]1. The Balaban J connectivity index is 2.51. The molecule has 22 heavy (non-hydrogen) atoms. The minimum absolute atomic E-state index is 0.0615. The number of primary amides is 2. The molecule has 8 nitrogen and oxygen atoms in total. The Morgan fingerprint density at radius 2 is 1.86 bits per heavy atom. The normalized spacial score (nSPS) is 10.0. The second-order valence-corrected chi connectivity index (χ2v) is 4.41. The molecule has 0 fully saturated rings. The second-order valence-electron chi connectivity index (χ2n) is 4.41. The van der Waals surface area contributed by atoms with Gasteiger partial charge in [0.2, 0.25) is 0 Å². The molecule has 2 aromatic rings. The van der Waals surface area contributed by atoms with Crippen molar-refractivity contribution in [3.8, 4) is 17.0 Å². The minimum Gasteiger partial charge on any atom is -0.426 e. The van der Waals surface area contributed by atoms with Crippen LogP contribution in [0.1, 0.15) is 17.3 Å². The lowest BCUT2D eigenvalue weighted by Gasteiger charge is -2.07. The van der Waals surface area contributed by atoms with Crippen LogP contribution in [0.4, 0.5) is 10.6 Å². The van der Waals surface area contributed by atoms with Gasteiger partial charge >= 0.3 is 12.0 Å². The van der Waals surface area contributed by atoms with E-state index in [4.69, 9.17) is 16.2 Å². The molecule has 0 aliphatic rings. The van der Waals surface area contributed by atoms with E-state index >= 15 is 0 Å². The number of nitrogens with two attached hydrogens (primary N) is 2. The summed E-state index contributed by atoms with van der Waals surface area (Å²) in [6.45, 7) is 1.28. The third-order valence-corrected chi connectivity index (χ3v) is 2.76. The van der Waals surface area contributed by atoms with Crippen LogP contribution < -0.4 is 21.5 Å². The van der Waals surface area contributed by atoms with Crippen LogP contribution in [0.5, 0.6) is 5.75 Å². The van der Waals surface area contributed by atoms with E-state index in [9.17, 15) is 14.4 Å². The molecule has 1 heterocycles. The summed E-state index contributed by atoms with van der Waals surface area (Å²) in [5.41, 5.74) is 11.3. The van der Waals surface area contributed by atoms with Gasteiger partial charge in [-0.15, -0.1) is 0 Å². The number of amides is 3. The van der Waals surface area contributed by atoms with Gasteiger partial charge in [-0.05, 0) is 18.2 Å². The molecule has 6 N–H and O–H groups in total. The highest BCUT2D eigenvalue weighted by molar-refractivity contribution is 6.03. The van der Waals surface area contributed by atoms with Crippen molar-refractivity contribution in [1.29, 1.82) is 0 Å². The first kappa shape index (κ1) is 15.1. The quantitative estimate of drug-likeness (QED) is 0.497. The number of ether oxygens (including phenoxy) is 1. The number of carbonyl (C=O) groups excluding carboxylic acids is 3. The summed E-state index contributed by atoms with van der Waals surface area (Å²) in [5.74, 6) is -0.841. The molecule has 0 spiro atoms. The fourth-order valence-electron chi connectivity index (χ4n) is 1.95. The maximum absolute atomic E-state index is 11.4. The first-order valence-corrected chi connectivity index (χ1v) is 6.25. The van der Waals surface area contributed by atoms with Crippen LogP contribution in [0.15, 0.2) is 30.3 Å². The van der Waals surface area contributed by atoms with Gasteiger partial charge in [-0.25, -0.2) is 4.79 Å². The fraction of sp³-hybridized carbons (Fsp3) is 0.0714. The van der Waals surface area contributed by atoms with Crippen LogP contribution in [0, 0.1) is 0 Å². The molecule has 0 saturated carbocycles. The highest BCUT2D eigenvalue weighted by Gasteiger charge is 2.17. The Morgan fingerprint density at radius 3 is 2.45 bits per heavy atom. The van der Waals surface area contributed by atoms with Crippen LogP contribution in [0.25, 0.3) is 11.3 Å². The Bertz CT molecular complexity index is 751. The van der Waals surface area contributed by atoms with E-state index in [0.29, 0.717) is 17.0 Å². The number of benzene rings is 1. The number of para-hydroxylation sites is 1. The monoisotopic (exact) mass is 302 g/mol. The number of esters is 1. The predicted molar refractivity (Wildman–Crippen MR) is 79.3 cm³/mol. The Kier molecular flexibility index (Phi) is 4.12. The maximum Gasteiger partial charge on any atom is 0.317 e. The van der Waals surface area contributed by atoms with E-state index in [0.717, 1.165) is 0 Å². The Morgan fingerprint density at radius 1 is 1.18 bits per heavy atom. The Labute approximate surface area is 125 Å². The summed E-state index contributed by atoms with van der Waals surface area (Å²) in [7, 11) is 0. The molecule has 8 heteroatoms. The molecule has 0 bridgehead atoms. The summed E-state index contributed by atoms with van der Waals surface area (Å²) in [4.78, 5) is 36.4. The van der Waals surface area contributed by atoms with Crippen LogP contribution in [-0.4, -0.2) is 22.9 Å². The molecule has 0 radical (unpaired) electrons. The van der Waals surface area contributed by atoms with Gasteiger partial charge in [-0.3, -0.25) is 14.9 Å². The van der Waals surface area contributed by atoms with Gasteiger partial charge in [0, 0.05) is 12.5 Å². The van der Waals surface area contributed by atoms with Crippen molar-refractivity contribution in [2.75, 3.05) is 5.32 Å². The number of anilines is 1. The highest BCUT2D eigenvalue weighted by atomic mass is 16.5. The van der Waals surface area contributed by atoms with Crippen molar-refractivity contribution in [3.05, 3.63) is 35.9 Å². The number of rotatable bonds is 4. The van der Waals surface area contributed by atoms with E-state index in [2.05, 4.69) is 10.3 Å². The minimum atomic E-state index is -0.843. The number of carbonyl (C=O) groups is 3. The molecule has 0 unspecified atom stereocenters. The zero-order valence-corrected chi connectivity index (χ0v) is 11.7. The standard InChI is InChI=1S/C14H14N4O4/c1-7(19)22-11-5-3-2-4-8(11)10-6-9(12(15)20)13(17-10)18-14(16)21/h2-6,17H,1H3,(H2,15,20)(H3,16,18,21). The average Bonchev–Trinajstić information content (AvgIpc) is 2.81. The molecule has 0 atom stereocenters. The van der Waals surface area contributed by atoms with E-state index in [1.807, 2.05) is 0 Å². The molecular formula is C14H14N4O4. The summed E-state index contributed by atoms with van der Waals surface area (Å²) >= 11 is 0. The summed E-state index contributed by atoms with van der Waals surface area (Å²) in [5, 5.41) is 2.28. The van der Waals surface area contributed by atoms with Crippen molar-refractivity contribution in [3.63, 3.8) is 0 Å². The van der Waals surface area contributed by atoms with Crippen molar-refractivity contribution < 1.29 is 19.1 Å². The first-order valence-electron chi connectivity index (χ1n) is 6.25. The largest absolute Gasteiger partial charge is 0.426 e. The summed E-state index contributed by atoms with van der Waals surface area (Å²) in [6, 6.07) is 7.31.